The summed E-state index contributed by atoms with van der Waals surface area (Å²) in [6.45, 7) is 12.1. The van der Waals surface area contributed by atoms with Crippen molar-refractivity contribution in [3.63, 3.8) is 0 Å². The third-order valence-corrected chi connectivity index (χ3v) is 3.54. The largest absolute Gasteiger partial charge is 0.319 e. The zero-order valence-corrected chi connectivity index (χ0v) is 10.2. The average Bonchev–Trinajstić information content (AvgIpc) is 2.12. The van der Waals surface area contributed by atoms with E-state index in [9.17, 15) is 0 Å². The van der Waals surface area contributed by atoms with Crippen LogP contribution in [0.25, 0.3) is 0 Å². The first kappa shape index (κ1) is 12.0. The maximum atomic E-state index is 3.25. The van der Waals surface area contributed by atoms with Gasteiger partial charge in [0, 0.05) is 13.1 Å². The lowest BCUT2D eigenvalue weighted by atomic mass is 9.88. The molecule has 1 saturated heterocycles. The minimum atomic E-state index is 0.778. The van der Waals surface area contributed by atoms with Gasteiger partial charge in [0.2, 0.25) is 0 Å². The lowest BCUT2D eigenvalue weighted by molar-refractivity contribution is 0.123. The topological polar surface area (TPSA) is 15.3 Å². The Morgan fingerprint density at radius 1 is 1.36 bits per heavy atom. The van der Waals surface area contributed by atoms with Crippen LogP contribution in [-0.2, 0) is 0 Å². The Bertz CT molecular complexity index is 158. The molecule has 0 bridgehead atoms. The summed E-state index contributed by atoms with van der Waals surface area (Å²) in [6.07, 6.45) is 1.38. The van der Waals surface area contributed by atoms with Gasteiger partial charge in [-0.25, -0.2) is 0 Å². The number of rotatable bonds is 4. The highest BCUT2D eigenvalue weighted by atomic mass is 15.1. The van der Waals surface area contributed by atoms with Gasteiger partial charge in [-0.05, 0) is 44.3 Å². The molecule has 1 aliphatic rings. The van der Waals surface area contributed by atoms with Crippen LogP contribution in [0.1, 0.15) is 27.2 Å². The standard InChI is InChI=1S/C12H26N2/c1-10(7-13-4)8-14-6-5-11(2)12(3)9-14/h10-13H,5-9H2,1-4H3. The van der Waals surface area contributed by atoms with Gasteiger partial charge in [0.15, 0.2) is 0 Å². The van der Waals surface area contributed by atoms with Gasteiger partial charge in [0.05, 0.1) is 0 Å². The van der Waals surface area contributed by atoms with E-state index in [0.717, 1.165) is 24.3 Å². The van der Waals surface area contributed by atoms with Gasteiger partial charge in [-0.3, -0.25) is 0 Å². The van der Waals surface area contributed by atoms with E-state index in [1.165, 1.54) is 26.1 Å². The summed E-state index contributed by atoms with van der Waals surface area (Å²) < 4.78 is 0. The zero-order chi connectivity index (χ0) is 10.6. The van der Waals surface area contributed by atoms with Crippen LogP contribution in [0.4, 0.5) is 0 Å². The second-order valence-electron chi connectivity index (χ2n) is 5.17. The van der Waals surface area contributed by atoms with Crippen molar-refractivity contribution in [2.24, 2.45) is 17.8 Å². The molecule has 2 heteroatoms. The highest BCUT2D eigenvalue weighted by Gasteiger charge is 2.23. The first-order chi connectivity index (χ1) is 6.63. The number of nitrogens with one attached hydrogen (secondary N) is 1. The summed E-state index contributed by atoms with van der Waals surface area (Å²) in [5, 5.41) is 3.25. The molecule has 0 spiro atoms. The first-order valence-electron chi connectivity index (χ1n) is 6.00. The van der Waals surface area contributed by atoms with E-state index >= 15 is 0 Å². The van der Waals surface area contributed by atoms with Crippen molar-refractivity contribution >= 4 is 0 Å². The molecule has 3 unspecified atom stereocenters. The smallest absolute Gasteiger partial charge is 0.00193 e. The van der Waals surface area contributed by atoms with E-state index in [1.807, 2.05) is 7.05 Å². The van der Waals surface area contributed by atoms with Crippen LogP contribution in [0.5, 0.6) is 0 Å². The lowest BCUT2D eigenvalue weighted by Crippen LogP contribution is -2.41. The SMILES string of the molecule is CNCC(C)CN1CCC(C)C(C)C1. The molecular formula is C12H26N2. The fourth-order valence-corrected chi connectivity index (χ4v) is 2.37. The van der Waals surface area contributed by atoms with E-state index in [-0.39, 0.29) is 0 Å². The summed E-state index contributed by atoms with van der Waals surface area (Å²) in [5.41, 5.74) is 0. The Morgan fingerprint density at radius 3 is 2.64 bits per heavy atom. The van der Waals surface area contributed by atoms with Crippen molar-refractivity contribution < 1.29 is 0 Å². The molecule has 1 N–H and O–H groups in total. The molecule has 0 aromatic rings. The summed E-state index contributed by atoms with van der Waals surface area (Å²) in [7, 11) is 2.04. The predicted octanol–water partition coefficient (Wildman–Crippen LogP) is 1.82. The van der Waals surface area contributed by atoms with Crippen LogP contribution in [0.3, 0.4) is 0 Å². The molecule has 14 heavy (non-hydrogen) atoms. The molecule has 0 aromatic carbocycles. The van der Waals surface area contributed by atoms with Crippen LogP contribution in [0.15, 0.2) is 0 Å². The normalized spacial score (nSPS) is 31.7. The third-order valence-electron chi connectivity index (χ3n) is 3.54. The van der Waals surface area contributed by atoms with E-state index in [0.29, 0.717) is 0 Å². The predicted molar refractivity (Wildman–Crippen MR) is 62.5 cm³/mol. The highest BCUT2D eigenvalue weighted by Crippen LogP contribution is 2.22. The van der Waals surface area contributed by atoms with Gasteiger partial charge < -0.3 is 10.2 Å². The van der Waals surface area contributed by atoms with Crippen LogP contribution in [-0.4, -0.2) is 38.1 Å². The maximum absolute atomic E-state index is 3.25. The van der Waals surface area contributed by atoms with E-state index < -0.39 is 0 Å². The highest BCUT2D eigenvalue weighted by molar-refractivity contribution is 4.76. The van der Waals surface area contributed by atoms with Gasteiger partial charge in [-0.2, -0.15) is 0 Å². The molecule has 0 aliphatic carbocycles. The molecule has 1 fully saturated rings. The van der Waals surface area contributed by atoms with Crippen LogP contribution < -0.4 is 5.32 Å². The number of likely N-dealkylation sites (tertiary alicyclic amines) is 1. The van der Waals surface area contributed by atoms with Gasteiger partial charge >= 0.3 is 0 Å². The zero-order valence-electron chi connectivity index (χ0n) is 10.2. The molecule has 0 radical (unpaired) electrons. The van der Waals surface area contributed by atoms with E-state index in [4.69, 9.17) is 0 Å². The van der Waals surface area contributed by atoms with Crippen LogP contribution in [0, 0.1) is 17.8 Å². The first-order valence-corrected chi connectivity index (χ1v) is 6.00. The second-order valence-corrected chi connectivity index (χ2v) is 5.17. The summed E-state index contributed by atoms with van der Waals surface area (Å²) >= 11 is 0. The summed E-state index contributed by atoms with van der Waals surface area (Å²) in [4.78, 5) is 2.63. The second kappa shape index (κ2) is 5.72. The Morgan fingerprint density at radius 2 is 2.07 bits per heavy atom. The molecule has 0 amide bonds. The van der Waals surface area contributed by atoms with Crippen molar-refractivity contribution in [3.05, 3.63) is 0 Å². The molecule has 1 rings (SSSR count). The van der Waals surface area contributed by atoms with Gasteiger partial charge in [-0.15, -0.1) is 0 Å². The molecule has 84 valence electrons. The fourth-order valence-electron chi connectivity index (χ4n) is 2.37. The quantitative estimate of drug-likeness (QED) is 0.741. The average molecular weight is 198 g/mol. The third kappa shape index (κ3) is 3.58. The van der Waals surface area contributed by atoms with Crippen molar-refractivity contribution in [3.8, 4) is 0 Å². The molecular weight excluding hydrogens is 172 g/mol. The summed E-state index contributed by atoms with van der Waals surface area (Å²) in [5.74, 6) is 2.58. The molecule has 3 atom stereocenters. The number of hydrogen-bond acceptors (Lipinski definition) is 2. The lowest BCUT2D eigenvalue weighted by Gasteiger charge is -2.36. The fraction of sp³-hybridized carbons (Fsp3) is 1.00. The molecule has 2 nitrogen and oxygen atoms in total. The number of hydrogen-bond donors (Lipinski definition) is 1. The minimum Gasteiger partial charge on any atom is -0.319 e. The van der Waals surface area contributed by atoms with E-state index in [1.54, 1.807) is 0 Å². The van der Waals surface area contributed by atoms with Gasteiger partial charge in [0.25, 0.3) is 0 Å². The van der Waals surface area contributed by atoms with Crippen LogP contribution in [0.2, 0.25) is 0 Å². The van der Waals surface area contributed by atoms with Gasteiger partial charge in [-0.1, -0.05) is 20.8 Å². The molecule has 1 aliphatic heterocycles. The molecule has 1 heterocycles. The van der Waals surface area contributed by atoms with E-state index in [2.05, 4.69) is 31.0 Å². The van der Waals surface area contributed by atoms with Crippen molar-refractivity contribution in [1.82, 2.24) is 10.2 Å². The van der Waals surface area contributed by atoms with Crippen molar-refractivity contribution in [2.75, 3.05) is 33.2 Å². The Kier molecular flexibility index (Phi) is 4.90. The Labute approximate surface area is 89.1 Å². The number of nitrogens with zero attached hydrogens (tertiary/aromatic N) is 1. The Hall–Kier alpha value is -0.0800. The molecule has 0 aromatic heterocycles. The Balaban J connectivity index is 2.25. The monoisotopic (exact) mass is 198 g/mol. The maximum Gasteiger partial charge on any atom is 0.00193 e. The van der Waals surface area contributed by atoms with Crippen LogP contribution >= 0.6 is 0 Å². The minimum absolute atomic E-state index is 0.778. The van der Waals surface area contributed by atoms with Gasteiger partial charge in [0.1, 0.15) is 0 Å². The molecule has 0 saturated carbocycles. The van der Waals surface area contributed by atoms with Crippen molar-refractivity contribution in [1.29, 1.82) is 0 Å². The van der Waals surface area contributed by atoms with Crippen molar-refractivity contribution in [2.45, 2.75) is 27.2 Å². The summed E-state index contributed by atoms with van der Waals surface area (Å²) in [6, 6.07) is 0. The number of piperidine rings is 1.